The van der Waals surface area contributed by atoms with Crippen LogP contribution in [0.3, 0.4) is 0 Å². The number of furan rings is 2. The molecule has 2 nitrogen and oxygen atoms in total. The summed E-state index contributed by atoms with van der Waals surface area (Å²) < 4.78 is 13.0. The van der Waals surface area contributed by atoms with E-state index in [2.05, 4.69) is 182 Å². The van der Waals surface area contributed by atoms with Gasteiger partial charge in [-0.1, -0.05) is 133 Å². The van der Waals surface area contributed by atoms with Crippen molar-refractivity contribution in [2.24, 2.45) is 0 Å². The highest BCUT2D eigenvalue weighted by molar-refractivity contribution is 6.19. The van der Waals surface area contributed by atoms with Gasteiger partial charge >= 0.3 is 0 Å². The lowest BCUT2D eigenvalue weighted by molar-refractivity contribution is 0.633. The largest absolute Gasteiger partial charge is 0.452 e. The van der Waals surface area contributed by atoms with E-state index in [1.165, 1.54) is 54.9 Å². The van der Waals surface area contributed by atoms with Crippen molar-refractivity contribution < 1.29 is 8.83 Å². The molecule has 0 unspecified atom stereocenters. The number of rotatable bonds is 4. The standard InChI is InChI=1S/C50H30O2/c1-3-7-37-27-39(19-17-31(37)5-1)33-9-13-35(14-10-33)41-21-25-47-45(29-41)43-23-24-44-46-30-42(22-26-48(46)52-50(44)49(43)51-47)36-15-11-34(12-16-36)40-20-18-32-6-2-4-8-38(32)28-40/h1-30H. The van der Waals surface area contributed by atoms with Crippen molar-refractivity contribution >= 4 is 65.4 Å². The Morgan fingerprint density at radius 2 is 0.558 bits per heavy atom. The van der Waals surface area contributed by atoms with Crippen molar-refractivity contribution in [3.8, 4) is 44.5 Å². The number of fused-ring (bicyclic) bond motifs is 9. The van der Waals surface area contributed by atoms with Gasteiger partial charge in [-0.15, -0.1) is 0 Å². The Bertz CT molecular complexity index is 2940. The zero-order valence-electron chi connectivity index (χ0n) is 28.1. The fourth-order valence-corrected chi connectivity index (χ4v) is 7.88. The second kappa shape index (κ2) is 11.3. The molecule has 0 atom stereocenters. The van der Waals surface area contributed by atoms with E-state index >= 15 is 0 Å². The number of hydrogen-bond donors (Lipinski definition) is 0. The second-order valence-electron chi connectivity index (χ2n) is 13.7. The molecular formula is C50H30O2. The maximum absolute atomic E-state index is 6.50. The summed E-state index contributed by atoms with van der Waals surface area (Å²) >= 11 is 0. The molecule has 9 aromatic carbocycles. The molecule has 0 amide bonds. The van der Waals surface area contributed by atoms with E-state index in [-0.39, 0.29) is 0 Å². The average molecular weight is 663 g/mol. The zero-order chi connectivity index (χ0) is 34.2. The Morgan fingerprint density at radius 3 is 0.962 bits per heavy atom. The van der Waals surface area contributed by atoms with Gasteiger partial charge in [0.2, 0.25) is 0 Å². The highest BCUT2D eigenvalue weighted by atomic mass is 16.4. The lowest BCUT2D eigenvalue weighted by Crippen LogP contribution is -1.82. The van der Waals surface area contributed by atoms with E-state index < -0.39 is 0 Å². The summed E-state index contributed by atoms with van der Waals surface area (Å²) in [6.45, 7) is 0. The van der Waals surface area contributed by atoms with Crippen LogP contribution < -0.4 is 0 Å². The summed E-state index contributed by atoms with van der Waals surface area (Å²) in [5.74, 6) is 0. The minimum atomic E-state index is 0.786. The molecule has 52 heavy (non-hydrogen) atoms. The van der Waals surface area contributed by atoms with Gasteiger partial charge in [0.25, 0.3) is 0 Å². The lowest BCUT2D eigenvalue weighted by Gasteiger charge is -2.07. The molecule has 2 heteroatoms. The summed E-state index contributed by atoms with van der Waals surface area (Å²) in [5.41, 5.74) is 12.8. The van der Waals surface area contributed by atoms with Crippen LogP contribution in [0.25, 0.3) is 110 Å². The maximum Gasteiger partial charge on any atom is 0.178 e. The van der Waals surface area contributed by atoms with Crippen molar-refractivity contribution in [2.75, 3.05) is 0 Å². The van der Waals surface area contributed by atoms with Crippen LogP contribution in [0.5, 0.6) is 0 Å². The average Bonchev–Trinajstić information content (AvgIpc) is 3.78. The Balaban J connectivity index is 0.924. The lowest BCUT2D eigenvalue weighted by atomic mass is 9.97. The summed E-state index contributed by atoms with van der Waals surface area (Å²) in [7, 11) is 0. The molecule has 2 heterocycles. The molecule has 0 N–H and O–H groups in total. The van der Waals surface area contributed by atoms with Crippen LogP contribution in [-0.2, 0) is 0 Å². The third-order valence-corrected chi connectivity index (χ3v) is 10.7. The quantitative estimate of drug-likeness (QED) is 0.187. The van der Waals surface area contributed by atoms with Crippen molar-refractivity contribution in [3.63, 3.8) is 0 Å². The fraction of sp³-hybridized carbons (Fsp3) is 0. The highest BCUT2D eigenvalue weighted by Crippen LogP contribution is 2.41. The van der Waals surface area contributed by atoms with Crippen LogP contribution in [0.15, 0.2) is 191 Å². The molecule has 0 spiro atoms. The molecule has 0 radical (unpaired) electrons. The van der Waals surface area contributed by atoms with Gasteiger partial charge in [0, 0.05) is 21.5 Å². The highest BCUT2D eigenvalue weighted by Gasteiger charge is 2.17. The molecule has 242 valence electrons. The van der Waals surface area contributed by atoms with E-state index in [9.17, 15) is 0 Å². The van der Waals surface area contributed by atoms with Crippen molar-refractivity contribution in [1.29, 1.82) is 0 Å². The molecule has 0 bridgehead atoms. The smallest absolute Gasteiger partial charge is 0.178 e. The van der Waals surface area contributed by atoms with E-state index in [1.807, 2.05) is 0 Å². The number of benzene rings is 9. The van der Waals surface area contributed by atoms with Gasteiger partial charge in [-0.05, 0) is 115 Å². The topological polar surface area (TPSA) is 26.3 Å². The maximum atomic E-state index is 6.50. The van der Waals surface area contributed by atoms with E-state index in [0.717, 1.165) is 55.0 Å². The van der Waals surface area contributed by atoms with Crippen molar-refractivity contribution in [3.05, 3.63) is 182 Å². The zero-order valence-corrected chi connectivity index (χ0v) is 28.1. The van der Waals surface area contributed by atoms with Crippen LogP contribution in [-0.4, -0.2) is 0 Å². The first kappa shape index (κ1) is 28.9. The van der Waals surface area contributed by atoms with Gasteiger partial charge in [0.05, 0.1) is 0 Å². The normalized spacial score (nSPS) is 11.8. The molecule has 0 saturated carbocycles. The van der Waals surface area contributed by atoms with Gasteiger partial charge in [-0.25, -0.2) is 0 Å². The first-order valence-electron chi connectivity index (χ1n) is 17.7. The Labute approximate surface area is 299 Å². The first-order chi connectivity index (χ1) is 25.7. The summed E-state index contributed by atoms with van der Waals surface area (Å²) in [5, 5.41) is 9.30. The molecule has 0 aliphatic carbocycles. The van der Waals surface area contributed by atoms with E-state index in [4.69, 9.17) is 8.83 Å². The number of hydrogen-bond acceptors (Lipinski definition) is 2. The van der Waals surface area contributed by atoms with E-state index in [0.29, 0.717) is 0 Å². The molecule has 11 aromatic rings. The van der Waals surface area contributed by atoms with Gasteiger partial charge < -0.3 is 8.83 Å². The predicted octanol–water partition coefficient (Wildman–Crippen LogP) is 14.5. The molecule has 0 aliphatic rings. The summed E-state index contributed by atoms with van der Waals surface area (Å²) in [4.78, 5) is 0. The first-order valence-corrected chi connectivity index (χ1v) is 17.7. The molecule has 0 fully saturated rings. The summed E-state index contributed by atoms with van der Waals surface area (Å²) in [6.07, 6.45) is 0. The minimum absolute atomic E-state index is 0.786. The van der Waals surface area contributed by atoms with Crippen LogP contribution in [0.2, 0.25) is 0 Å². The SMILES string of the molecule is c1ccc2cc(-c3ccc(-c4ccc5oc6c(ccc7c8cc(-c9ccc(-c%10ccc%11ccccc%11c%10)cc9)ccc8oc76)c5c4)cc3)ccc2c1. The van der Waals surface area contributed by atoms with Crippen molar-refractivity contribution in [1.82, 2.24) is 0 Å². The third-order valence-electron chi connectivity index (χ3n) is 10.7. The van der Waals surface area contributed by atoms with Gasteiger partial charge in [-0.2, -0.15) is 0 Å². The van der Waals surface area contributed by atoms with E-state index in [1.54, 1.807) is 0 Å². The molecular weight excluding hydrogens is 633 g/mol. The Morgan fingerprint density at radius 1 is 0.231 bits per heavy atom. The molecule has 0 aliphatic heterocycles. The van der Waals surface area contributed by atoms with Gasteiger partial charge in [-0.3, -0.25) is 0 Å². The Hall–Kier alpha value is -6.90. The summed E-state index contributed by atoms with van der Waals surface area (Å²) in [6, 6.07) is 65.3. The monoisotopic (exact) mass is 662 g/mol. The van der Waals surface area contributed by atoms with Crippen LogP contribution in [0.4, 0.5) is 0 Å². The minimum Gasteiger partial charge on any atom is -0.452 e. The predicted molar refractivity (Wildman–Crippen MR) is 218 cm³/mol. The van der Waals surface area contributed by atoms with Crippen LogP contribution in [0, 0.1) is 0 Å². The fourth-order valence-electron chi connectivity index (χ4n) is 7.88. The van der Waals surface area contributed by atoms with Crippen molar-refractivity contribution in [2.45, 2.75) is 0 Å². The van der Waals surface area contributed by atoms with Gasteiger partial charge in [0.1, 0.15) is 11.2 Å². The second-order valence-corrected chi connectivity index (χ2v) is 13.7. The third kappa shape index (κ3) is 4.66. The molecule has 11 rings (SSSR count). The molecule has 0 saturated heterocycles. The van der Waals surface area contributed by atoms with Crippen LogP contribution >= 0.6 is 0 Å². The van der Waals surface area contributed by atoms with Gasteiger partial charge in [0.15, 0.2) is 11.2 Å². The Kier molecular flexibility index (Phi) is 6.28. The van der Waals surface area contributed by atoms with Crippen LogP contribution in [0.1, 0.15) is 0 Å². The molecule has 2 aromatic heterocycles.